The van der Waals surface area contributed by atoms with Gasteiger partial charge >= 0.3 is 0 Å². The highest BCUT2D eigenvalue weighted by Gasteiger charge is 2.14. The second-order valence-corrected chi connectivity index (χ2v) is 6.01. The van der Waals surface area contributed by atoms with Crippen molar-refractivity contribution in [1.29, 1.82) is 0 Å². The van der Waals surface area contributed by atoms with Gasteiger partial charge in [0, 0.05) is 18.5 Å². The molecule has 0 radical (unpaired) electrons. The Labute approximate surface area is 153 Å². The summed E-state index contributed by atoms with van der Waals surface area (Å²) < 4.78 is 28.4. The molecule has 0 aliphatic carbocycles. The first-order valence-corrected chi connectivity index (χ1v) is 8.48. The number of anilines is 1. The van der Waals surface area contributed by atoms with E-state index in [2.05, 4.69) is 25.4 Å². The minimum absolute atomic E-state index is 0.218. The molecule has 4 aromatic rings. The van der Waals surface area contributed by atoms with Crippen molar-refractivity contribution in [2.45, 2.75) is 19.4 Å². The third-order valence-electron chi connectivity index (χ3n) is 4.30. The van der Waals surface area contributed by atoms with E-state index in [-0.39, 0.29) is 6.04 Å². The number of nitrogens with zero attached hydrogens (tertiary/aromatic N) is 5. The minimum Gasteiger partial charge on any atom is -0.363 e. The molecule has 1 aromatic carbocycles. The fourth-order valence-electron chi connectivity index (χ4n) is 2.92. The largest absolute Gasteiger partial charge is 0.363 e. The third-order valence-corrected chi connectivity index (χ3v) is 4.30. The molecule has 0 saturated carbocycles. The van der Waals surface area contributed by atoms with Crippen LogP contribution in [0.15, 0.2) is 55.2 Å². The Hall–Kier alpha value is -3.42. The van der Waals surface area contributed by atoms with Gasteiger partial charge < -0.3 is 5.32 Å². The Morgan fingerprint density at radius 1 is 1.11 bits per heavy atom. The number of halogens is 2. The van der Waals surface area contributed by atoms with Gasteiger partial charge in [-0.15, -0.1) is 0 Å². The smallest absolute Gasteiger partial charge is 0.164 e. The van der Waals surface area contributed by atoms with E-state index in [1.807, 2.05) is 13.1 Å². The highest BCUT2D eigenvalue weighted by atomic mass is 19.2. The molecule has 1 atom stereocenters. The summed E-state index contributed by atoms with van der Waals surface area (Å²) in [5.74, 6) is -1.15. The van der Waals surface area contributed by atoms with Crippen molar-refractivity contribution in [2.75, 3.05) is 5.32 Å². The topological polar surface area (TPSA) is 68.0 Å². The van der Waals surface area contributed by atoms with Crippen LogP contribution in [-0.2, 0) is 0 Å². The molecular weight excluding hydrogens is 350 g/mol. The molecule has 0 unspecified atom stereocenters. The number of hydrogen-bond acceptors (Lipinski definition) is 5. The SMILES string of the molecule is CC[C@H](Nc1cc(-c2cnn3cccnc23)ncn1)c1ccc(F)c(F)c1. The third kappa shape index (κ3) is 3.33. The normalized spacial score (nSPS) is 12.3. The maximum atomic E-state index is 13.6. The van der Waals surface area contributed by atoms with Gasteiger partial charge in [-0.05, 0) is 30.2 Å². The Morgan fingerprint density at radius 3 is 2.81 bits per heavy atom. The van der Waals surface area contributed by atoms with Gasteiger partial charge in [0.1, 0.15) is 12.1 Å². The monoisotopic (exact) mass is 366 g/mol. The molecule has 0 spiro atoms. The van der Waals surface area contributed by atoms with Gasteiger partial charge in [-0.1, -0.05) is 13.0 Å². The van der Waals surface area contributed by atoms with Crippen LogP contribution in [0.2, 0.25) is 0 Å². The standard InChI is InChI=1S/C19H16F2N6/c1-2-16(12-4-5-14(20)15(21)8-12)26-18-9-17(23-11-24-18)13-10-25-27-7-3-6-22-19(13)27/h3-11,16H,2H2,1H3,(H,23,24,26)/t16-/m0/s1. The molecule has 27 heavy (non-hydrogen) atoms. The predicted molar refractivity (Wildman–Crippen MR) is 97.0 cm³/mol. The van der Waals surface area contributed by atoms with Crippen LogP contribution >= 0.6 is 0 Å². The summed E-state index contributed by atoms with van der Waals surface area (Å²) in [5.41, 5.74) is 2.78. The first-order chi connectivity index (χ1) is 13.2. The summed E-state index contributed by atoms with van der Waals surface area (Å²) in [5, 5.41) is 7.52. The van der Waals surface area contributed by atoms with Gasteiger partial charge in [-0.25, -0.2) is 28.2 Å². The van der Waals surface area contributed by atoms with Crippen molar-refractivity contribution in [3.8, 4) is 11.3 Å². The molecule has 0 saturated heterocycles. The molecule has 0 aliphatic heterocycles. The molecule has 0 amide bonds. The molecule has 8 heteroatoms. The van der Waals surface area contributed by atoms with Crippen LogP contribution in [-0.4, -0.2) is 24.6 Å². The molecule has 0 bridgehead atoms. The summed E-state index contributed by atoms with van der Waals surface area (Å²) >= 11 is 0. The zero-order valence-electron chi connectivity index (χ0n) is 14.5. The molecule has 3 heterocycles. The molecule has 4 rings (SSSR count). The van der Waals surface area contributed by atoms with E-state index in [0.717, 1.165) is 11.6 Å². The van der Waals surface area contributed by atoms with Crippen molar-refractivity contribution in [3.05, 3.63) is 72.4 Å². The molecule has 1 N–H and O–H groups in total. The predicted octanol–water partition coefficient (Wildman–Crippen LogP) is 4.03. The lowest BCUT2D eigenvalue weighted by atomic mass is 10.0. The van der Waals surface area contributed by atoms with Crippen molar-refractivity contribution in [2.24, 2.45) is 0 Å². The summed E-state index contributed by atoms with van der Waals surface area (Å²) in [7, 11) is 0. The van der Waals surface area contributed by atoms with Crippen molar-refractivity contribution in [3.63, 3.8) is 0 Å². The highest BCUT2D eigenvalue weighted by Crippen LogP contribution is 2.26. The van der Waals surface area contributed by atoms with Crippen LogP contribution in [0.1, 0.15) is 24.9 Å². The minimum atomic E-state index is -0.867. The average molecular weight is 366 g/mol. The number of aromatic nitrogens is 5. The van der Waals surface area contributed by atoms with Crippen LogP contribution in [0.4, 0.5) is 14.6 Å². The molecular formula is C19H16F2N6. The molecule has 136 valence electrons. The summed E-state index contributed by atoms with van der Waals surface area (Å²) in [4.78, 5) is 12.9. The van der Waals surface area contributed by atoms with Crippen LogP contribution < -0.4 is 5.32 Å². The Kier molecular flexibility index (Phi) is 4.45. The lowest BCUT2D eigenvalue weighted by molar-refractivity contribution is 0.505. The van der Waals surface area contributed by atoms with Crippen molar-refractivity contribution < 1.29 is 8.78 Å². The van der Waals surface area contributed by atoms with Gasteiger partial charge in [0.15, 0.2) is 17.3 Å². The maximum Gasteiger partial charge on any atom is 0.164 e. The van der Waals surface area contributed by atoms with Crippen LogP contribution in [0.25, 0.3) is 16.9 Å². The molecule has 3 aromatic heterocycles. The number of nitrogens with one attached hydrogen (secondary N) is 1. The van der Waals surface area contributed by atoms with E-state index in [1.54, 1.807) is 35.1 Å². The van der Waals surface area contributed by atoms with Crippen molar-refractivity contribution in [1.82, 2.24) is 24.6 Å². The molecule has 0 aliphatic rings. The Balaban J connectivity index is 1.64. The van der Waals surface area contributed by atoms with E-state index >= 15 is 0 Å². The average Bonchev–Trinajstić information content (AvgIpc) is 3.13. The summed E-state index contributed by atoms with van der Waals surface area (Å²) in [6.45, 7) is 1.95. The van der Waals surface area contributed by atoms with Gasteiger partial charge in [-0.2, -0.15) is 5.10 Å². The van der Waals surface area contributed by atoms with Crippen LogP contribution in [0.5, 0.6) is 0 Å². The van der Waals surface area contributed by atoms with Gasteiger partial charge in [0.25, 0.3) is 0 Å². The maximum absolute atomic E-state index is 13.6. The van der Waals surface area contributed by atoms with Crippen molar-refractivity contribution >= 4 is 11.5 Å². The van der Waals surface area contributed by atoms with E-state index in [9.17, 15) is 8.78 Å². The van der Waals surface area contributed by atoms with Crippen LogP contribution in [0, 0.1) is 11.6 Å². The first kappa shape index (κ1) is 17.0. The van der Waals surface area contributed by atoms with E-state index in [1.165, 1.54) is 12.4 Å². The van der Waals surface area contributed by atoms with Crippen LogP contribution in [0.3, 0.4) is 0 Å². The quantitative estimate of drug-likeness (QED) is 0.578. The number of benzene rings is 1. The number of rotatable bonds is 5. The van der Waals surface area contributed by atoms with Gasteiger partial charge in [0.05, 0.1) is 23.5 Å². The van der Waals surface area contributed by atoms with Gasteiger partial charge in [0.2, 0.25) is 0 Å². The fourth-order valence-corrected chi connectivity index (χ4v) is 2.92. The fraction of sp³-hybridized carbons (Fsp3) is 0.158. The first-order valence-electron chi connectivity index (χ1n) is 8.48. The number of hydrogen-bond donors (Lipinski definition) is 1. The lowest BCUT2D eigenvalue weighted by Crippen LogP contribution is -2.11. The lowest BCUT2D eigenvalue weighted by Gasteiger charge is -2.18. The summed E-state index contributed by atoms with van der Waals surface area (Å²) in [6.07, 6.45) is 7.31. The zero-order chi connectivity index (χ0) is 18.8. The van der Waals surface area contributed by atoms with E-state index in [0.29, 0.717) is 29.1 Å². The second-order valence-electron chi connectivity index (χ2n) is 6.01. The second kappa shape index (κ2) is 7.06. The zero-order valence-corrected chi connectivity index (χ0v) is 14.5. The highest BCUT2D eigenvalue weighted by molar-refractivity contribution is 5.75. The molecule has 6 nitrogen and oxygen atoms in total. The Bertz CT molecular complexity index is 1090. The van der Waals surface area contributed by atoms with Gasteiger partial charge in [-0.3, -0.25) is 0 Å². The Morgan fingerprint density at radius 2 is 2.00 bits per heavy atom. The number of fused-ring (bicyclic) bond motifs is 1. The molecule has 0 fully saturated rings. The van der Waals surface area contributed by atoms with E-state index in [4.69, 9.17) is 0 Å². The van der Waals surface area contributed by atoms with E-state index < -0.39 is 11.6 Å². The summed E-state index contributed by atoms with van der Waals surface area (Å²) in [6, 6.07) is 7.26.